The third-order valence-electron chi connectivity index (χ3n) is 3.49. The summed E-state index contributed by atoms with van der Waals surface area (Å²) < 4.78 is 0. The van der Waals surface area contributed by atoms with Crippen molar-refractivity contribution in [1.82, 2.24) is 9.97 Å². The molecular formula is C18H14N2O2. The summed E-state index contributed by atoms with van der Waals surface area (Å²) in [7, 11) is 0. The van der Waals surface area contributed by atoms with E-state index in [1.807, 2.05) is 48.5 Å². The molecule has 1 aromatic heterocycles. The number of hydrogen-bond donors (Lipinski definition) is 1. The minimum Gasteiger partial charge on any atom is -0.313 e. The molecule has 3 aromatic rings. The molecule has 22 heavy (non-hydrogen) atoms. The summed E-state index contributed by atoms with van der Waals surface area (Å²) in [6, 6.07) is 17.4. The highest BCUT2D eigenvalue weighted by molar-refractivity contribution is 6.12. The molecule has 0 saturated carbocycles. The van der Waals surface area contributed by atoms with Crippen LogP contribution in [0, 0.1) is 0 Å². The molecule has 0 amide bonds. The Balaban J connectivity index is 0.000000174. The van der Waals surface area contributed by atoms with Crippen LogP contribution >= 0.6 is 0 Å². The number of aromatic amines is 1. The highest BCUT2D eigenvalue weighted by Gasteiger charge is 2.21. The first-order chi connectivity index (χ1) is 10.8. The standard InChI is InChI=1S/C14H10O.C4H4N2O/c15-14-12-7-3-1-5-10(12)9-11-6-2-4-8-13(11)14;7-4-5-2-1-3-6-4/h1-8H,9H2;1-3H,(H,5,6,7). The van der Waals surface area contributed by atoms with Gasteiger partial charge in [0.15, 0.2) is 5.78 Å². The van der Waals surface area contributed by atoms with Crippen molar-refractivity contribution < 1.29 is 4.79 Å². The van der Waals surface area contributed by atoms with E-state index in [4.69, 9.17) is 0 Å². The lowest BCUT2D eigenvalue weighted by Crippen LogP contribution is -2.14. The van der Waals surface area contributed by atoms with E-state index in [1.165, 1.54) is 12.4 Å². The fraction of sp³-hybridized carbons (Fsp3) is 0.0556. The first-order valence-electron chi connectivity index (χ1n) is 6.96. The molecule has 4 heteroatoms. The molecule has 0 spiro atoms. The normalized spacial score (nSPS) is 11.7. The molecule has 0 radical (unpaired) electrons. The largest absolute Gasteiger partial charge is 0.344 e. The lowest BCUT2D eigenvalue weighted by molar-refractivity contribution is 0.103. The lowest BCUT2D eigenvalue weighted by Gasteiger charge is -2.17. The number of aromatic nitrogens is 2. The van der Waals surface area contributed by atoms with Crippen LogP contribution in [0.1, 0.15) is 27.0 Å². The monoisotopic (exact) mass is 290 g/mol. The molecule has 1 heterocycles. The molecule has 0 unspecified atom stereocenters. The summed E-state index contributed by atoms with van der Waals surface area (Å²) in [4.78, 5) is 27.9. The molecule has 4 nitrogen and oxygen atoms in total. The van der Waals surface area contributed by atoms with Gasteiger partial charge in [-0.15, -0.1) is 0 Å². The van der Waals surface area contributed by atoms with E-state index in [1.54, 1.807) is 6.07 Å². The van der Waals surface area contributed by atoms with E-state index in [0.717, 1.165) is 28.7 Å². The van der Waals surface area contributed by atoms with Crippen LogP contribution in [-0.2, 0) is 6.42 Å². The van der Waals surface area contributed by atoms with Gasteiger partial charge in [0, 0.05) is 23.5 Å². The van der Waals surface area contributed by atoms with Crippen LogP contribution in [0.5, 0.6) is 0 Å². The van der Waals surface area contributed by atoms with E-state index in [9.17, 15) is 9.59 Å². The van der Waals surface area contributed by atoms with Gasteiger partial charge in [0.1, 0.15) is 0 Å². The zero-order valence-corrected chi connectivity index (χ0v) is 11.8. The smallest absolute Gasteiger partial charge is 0.313 e. The highest BCUT2D eigenvalue weighted by Crippen LogP contribution is 2.26. The molecule has 1 N–H and O–H groups in total. The Morgan fingerprint density at radius 2 is 1.41 bits per heavy atom. The van der Waals surface area contributed by atoms with Gasteiger partial charge in [-0.1, -0.05) is 48.5 Å². The maximum Gasteiger partial charge on any atom is 0.344 e. The molecule has 0 atom stereocenters. The number of carbonyl (C=O) groups excluding carboxylic acids is 1. The minimum absolute atomic E-state index is 0.160. The Labute approximate surface area is 127 Å². The van der Waals surface area contributed by atoms with Crippen LogP contribution < -0.4 is 5.69 Å². The van der Waals surface area contributed by atoms with E-state index >= 15 is 0 Å². The van der Waals surface area contributed by atoms with Gasteiger partial charge < -0.3 is 4.98 Å². The van der Waals surface area contributed by atoms with Gasteiger partial charge >= 0.3 is 5.69 Å². The van der Waals surface area contributed by atoms with E-state index in [2.05, 4.69) is 9.97 Å². The number of H-pyrrole nitrogens is 1. The van der Waals surface area contributed by atoms with Gasteiger partial charge in [0.25, 0.3) is 0 Å². The maximum absolute atomic E-state index is 12.1. The van der Waals surface area contributed by atoms with Crippen molar-refractivity contribution in [2.75, 3.05) is 0 Å². The number of fused-ring (bicyclic) bond motifs is 2. The van der Waals surface area contributed by atoms with Crippen molar-refractivity contribution in [1.29, 1.82) is 0 Å². The van der Waals surface area contributed by atoms with Gasteiger partial charge in [-0.3, -0.25) is 4.79 Å². The molecular weight excluding hydrogens is 276 g/mol. The number of nitrogens with zero attached hydrogens (tertiary/aromatic N) is 1. The van der Waals surface area contributed by atoms with Crippen molar-refractivity contribution >= 4 is 5.78 Å². The Morgan fingerprint density at radius 1 is 0.818 bits per heavy atom. The fourth-order valence-electron chi connectivity index (χ4n) is 2.45. The van der Waals surface area contributed by atoms with Gasteiger partial charge in [0.2, 0.25) is 0 Å². The predicted octanol–water partition coefficient (Wildman–Crippen LogP) is 2.59. The lowest BCUT2D eigenvalue weighted by atomic mass is 9.85. The van der Waals surface area contributed by atoms with Gasteiger partial charge in [-0.2, -0.15) is 0 Å². The van der Waals surface area contributed by atoms with Crippen molar-refractivity contribution in [2.24, 2.45) is 0 Å². The summed E-state index contributed by atoms with van der Waals surface area (Å²) in [5.74, 6) is 0.160. The van der Waals surface area contributed by atoms with Gasteiger partial charge in [0.05, 0.1) is 0 Å². The number of rotatable bonds is 0. The topological polar surface area (TPSA) is 62.8 Å². The van der Waals surface area contributed by atoms with Crippen molar-refractivity contribution in [3.63, 3.8) is 0 Å². The number of carbonyl (C=O) groups is 1. The molecule has 2 aromatic carbocycles. The van der Waals surface area contributed by atoms with E-state index in [0.29, 0.717) is 0 Å². The van der Waals surface area contributed by atoms with E-state index in [-0.39, 0.29) is 11.5 Å². The van der Waals surface area contributed by atoms with Crippen LogP contribution in [0.25, 0.3) is 0 Å². The third kappa shape index (κ3) is 2.86. The van der Waals surface area contributed by atoms with Crippen molar-refractivity contribution in [3.05, 3.63) is 99.7 Å². The molecule has 1 aliphatic carbocycles. The molecule has 4 rings (SSSR count). The Morgan fingerprint density at radius 3 is 1.86 bits per heavy atom. The zero-order valence-electron chi connectivity index (χ0n) is 11.8. The molecule has 0 fully saturated rings. The minimum atomic E-state index is -0.303. The number of benzene rings is 2. The average Bonchev–Trinajstić information content (AvgIpc) is 2.57. The van der Waals surface area contributed by atoms with Gasteiger partial charge in [-0.25, -0.2) is 9.78 Å². The maximum atomic E-state index is 12.1. The van der Waals surface area contributed by atoms with Crippen LogP contribution in [0.2, 0.25) is 0 Å². The summed E-state index contributed by atoms with van der Waals surface area (Å²) in [5.41, 5.74) is 3.69. The quantitative estimate of drug-likeness (QED) is 0.541. The van der Waals surface area contributed by atoms with Crippen molar-refractivity contribution in [2.45, 2.75) is 6.42 Å². The third-order valence-corrected chi connectivity index (χ3v) is 3.49. The number of ketones is 1. The second-order valence-corrected chi connectivity index (χ2v) is 4.91. The Bertz CT molecular complexity index is 803. The van der Waals surface area contributed by atoms with Crippen LogP contribution in [0.15, 0.2) is 71.8 Å². The number of hydrogen-bond acceptors (Lipinski definition) is 3. The average molecular weight is 290 g/mol. The first-order valence-corrected chi connectivity index (χ1v) is 6.96. The zero-order chi connectivity index (χ0) is 15.4. The Kier molecular flexibility index (Phi) is 3.92. The summed E-state index contributed by atoms with van der Waals surface area (Å²) in [6.07, 6.45) is 3.85. The highest BCUT2D eigenvalue weighted by atomic mass is 16.1. The van der Waals surface area contributed by atoms with Crippen LogP contribution in [0.4, 0.5) is 0 Å². The molecule has 0 saturated heterocycles. The van der Waals surface area contributed by atoms with E-state index < -0.39 is 0 Å². The molecule has 0 bridgehead atoms. The fourth-order valence-corrected chi connectivity index (χ4v) is 2.45. The SMILES string of the molecule is O=C1c2ccccc2Cc2ccccc21.O=c1nccc[nH]1. The molecule has 0 aliphatic heterocycles. The Hall–Kier alpha value is -3.01. The summed E-state index contributed by atoms with van der Waals surface area (Å²) in [5, 5.41) is 0. The number of nitrogens with one attached hydrogen (secondary N) is 1. The van der Waals surface area contributed by atoms with Crippen LogP contribution in [-0.4, -0.2) is 15.8 Å². The second kappa shape index (κ2) is 6.18. The summed E-state index contributed by atoms with van der Waals surface area (Å²) in [6.45, 7) is 0. The first kappa shape index (κ1) is 13.9. The second-order valence-electron chi connectivity index (χ2n) is 4.91. The molecule has 108 valence electrons. The van der Waals surface area contributed by atoms with Crippen LogP contribution in [0.3, 0.4) is 0 Å². The summed E-state index contributed by atoms with van der Waals surface area (Å²) >= 11 is 0. The van der Waals surface area contributed by atoms with Gasteiger partial charge in [-0.05, 0) is 23.6 Å². The molecule has 1 aliphatic rings. The van der Waals surface area contributed by atoms with Crippen molar-refractivity contribution in [3.8, 4) is 0 Å². The predicted molar refractivity (Wildman–Crippen MR) is 84.0 cm³/mol.